The highest BCUT2D eigenvalue weighted by atomic mass is 16.3. The quantitative estimate of drug-likeness (QED) is 0.575. The minimum Gasteiger partial charge on any atom is -0.396 e. The monoisotopic (exact) mass is 155 g/mol. The molecule has 1 saturated heterocycles. The smallest absolute Gasteiger partial charge is 0.227 e. The van der Waals surface area contributed by atoms with E-state index in [2.05, 4.69) is 0 Å². The number of amides is 1. The maximum Gasteiger partial charge on any atom is 0.227 e. The van der Waals surface area contributed by atoms with Crippen LogP contribution >= 0.6 is 0 Å². The predicted molar refractivity (Wildman–Crippen MR) is 40.7 cm³/mol. The molecular formula is C8H13NO2. The van der Waals surface area contributed by atoms with Crippen molar-refractivity contribution in [3.05, 3.63) is 6.92 Å². The molecule has 11 heavy (non-hydrogen) atoms. The Morgan fingerprint density at radius 2 is 2.09 bits per heavy atom. The summed E-state index contributed by atoms with van der Waals surface area (Å²) < 4.78 is 0. The third-order valence-electron chi connectivity index (χ3n) is 2.18. The molecule has 1 aliphatic rings. The summed E-state index contributed by atoms with van der Waals surface area (Å²) in [4.78, 5) is 12.3. The van der Waals surface area contributed by atoms with Gasteiger partial charge in [-0.15, -0.1) is 0 Å². The van der Waals surface area contributed by atoms with Crippen molar-refractivity contribution in [3.8, 4) is 0 Å². The lowest BCUT2D eigenvalue weighted by atomic mass is 9.98. The minimum atomic E-state index is -0.346. The van der Waals surface area contributed by atoms with Crippen molar-refractivity contribution in [2.75, 3.05) is 19.7 Å². The zero-order valence-corrected chi connectivity index (χ0v) is 6.49. The van der Waals surface area contributed by atoms with Gasteiger partial charge in [-0.1, -0.05) is 0 Å². The van der Waals surface area contributed by atoms with Crippen molar-refractivity contribution in [2.24, 2.45) is 5.92 Å². The van der Waals surface area contributed by atoms with E-state index in [1.165, 1.54) is 0 Å². The standard InChI is InChI=1S/C8H13NO2/c1-7(11)9-4-2-8(6-10)3-5-9/h1,8,10H,2-6H2. The van der Waals surface area contributed by atoms with E-state index >= 15 is 0 Å². The number of piperidine rings is 1. The van der Waals surface area contributed by atoms with E-state index in [0.29, 0.717) is 19.0 Å². The highest BCUT2D eigenvalue weighted by Gasteiger charge is 2.19. The van der Waals surface area contributed by atoms with Crippen molar-refractivity contribution in [2.45, 2.75) is 12.8 Å². The summed E-state index contributed by atoms with van der Waals surface area (Å²) in [5.41, 5.74) is 0. The van der Waals surface area contributed by atoms with E-state index < -0.39 is 0 Å². The summed E-state index contributed by atoms with van der Waals surface area (Å²) in [6.45, 7) is 6.70. The number of likely N-dealkylation sites (tertiary alicyclic amines) is 1. The van der Waals surface area contributed by atoms with Gasteiger partial charge in [0.2, 0.25) is 5.91 Å². The van der Waals surface area contributed by atoms with Crippen molar-refractivity contribution in [1.82, 2.24) is 4.90 Å². The summed E-state index contributed by atoms with van der Waals surface area (Å²) in [6, 6.07) is 0. The molecule has 0 aromatic carbocycles. The Morgan fingerprint density at radius 3 is 2.45 bits per heavy atom. The first kappa shape index (κ1) is 8.53. The topological polar surface area (TPSA) is 40.5 Å². The van der Waals surface area contributed by atoms with Gasteiger partial charge in [0.15, 0.2) is 0 Å². The molecule has 62 valence electrons. The Balaban J connectivity index is 2.30. The Labute approximate surface area is 67.0 Å². The van der Waals surface area contributed by atoms with Gasteiger partial charge in [-0.2, -0.15) is 0 Å². The fourth-order valence-electron chi connectivity index (χ4n) is 1.34. The van der Waals surface area contributed by atoms with Crippen molar-refractivity contribution in [1.29, 1.82) is 0 Å². The molecular weight excluding hydrogens is 142 g/mol. The molecule has 3 nitrogen and oxygen atoms in total. The number of rotatable bonds is 1. The molecule has 0 spiro atoms. The molecule has 1 rings (SSSR count). The van der Waals surface area contributed by atoms with Crippen LogP contribution in [-0.4, -0.2) is 35.6 Å². The summed E-state index contributed by atoms with van der Waals surface area (Å²) in [5, 5.41) is 8.78. The molecule has 0 aromatic heterocycles. The fourth-order valence-corrected chi connectivity index (χ4v) is 1.34. The number of nitrogens with zero attached hydrogens (tertiary/aromatic N) is 1. The molecule has 1 fully saturated rings. The first-order valence-electron chi connectivity index (χ1n) is 3.89. The number of hydrogen-bond acceptors (Lipinski definition) is 2. The predicted octanol–water partition coefficient (Wildman–Crippen LogP) is -0.0716. The summed E-state index contributed by atoms with van der Waals surface area (Å²) >= 11 is 0. The van der Waals surface area contributed by atoms with Crippen LogP contribution in [0.15, 0.2) is 0 Å². The molecule has 0 bridgehead atoms. The van der Waals surface area contributed by atoms with Gasteiger partial charge >= 0.3 is 0 Å². The second-order valence-electron chi connectivity index (χ2n) is 2.95. The van der Waals surface area contributed by atoms with Gasteiger partial charge in [0.1, 0.15) is 0 Å². The van der Waals surface area contributed by atoms with E-state index in [1.54, 1.807) is 4.90 Å². The van der Waals surface area contributed by atoms with E-state index in [1.807, 2.05) is 0 Å². The number of carbonyl (C=O) groups excluding carboxylic acids is 1. The SMILES string of the molecule is [CH]C(=O)N1CCC(CO)CC1. The molecule has 0 saturated carbocycles. The zero-order valence-electron chi connectivity index (χ0n) is 6.49. The van der Waals surface area contributed by atoms with Gasteiger partial charge < -0.3 is 10.0 Å². The Kier molecular flexibility index (Phi) is 2.88. The molecule has 0 atom stereocenters. The van der Waals surface area contributed by atoms with Gasteiger partial charge in [0.05, 0.1) is 6.92 Å². The van der Waals surface area contributed by atoms with Crippen LogP contribution in [0.1, 0.15) is 12.8 Å². The Bertz CT molecular complexity index is 139. The van der Waals surface area contributed by atoms with Crippen LogP contribution in [0.5, 0.6) is 0 Å². The number of aliphatic hydroxyl groups is 1. The molecule has 0 aliphatic carbocycles. The normalized spacial score (nSPS) is 20.4. The van der Waals surface area contributed by atoms with Crippen LogP contribution in [0.4, 0.5) is 0 Å². The van der Waals surface area contributed by atoms with Crippen molar-refractivity contribution < 1.29 is 9.90 Å². The largest absolute Gasteiger partial charge is 0.396 e. The molecule has 0 aromatic rings. The van der Waals surface area contributed by atoms with Gasteiger partial charge in [0, 0.05) is 19.7 Å². The lowest BCUT2D eigenvalue weighted by molar-refractivity contribution is -0.127. The van der Waals surface area contributed by atoms with Gasteiger partial charge in [-0.3, -0.25) is 4.79 Å². The molecule has 1 aliphatic heterocycles. The van der Waals surface area contributed by atoms with Gasteiger partial charge in [-0.05, 0) is 18.8 Å². The highest BCUT2D eigenvalue weighted by Crippen LogP contribution is 2.15. The van der Waals surface area contributed by atoms with Crippen LogP contribution in [0.2, 0.25) is 0 Å². The first-order chi connectivity index (χ1) is 5.24. The van der Waals surface area contributed by atoms with E-state index in [9.17, 15) is 4.79 Å². The lowest BCUT2D eigenvalue weighted by Crippen LogP contribution is -2.37. The van der Waals surface area contributed by atoms with Gasteiger partial charge in [0.25, 0.3) is 0 Å². The van der Waals surface area contributed by atoms with Crippen LogP contribution < -0.4 is 0 Å². The average molecular weight is 155 g/mol. The number of carbonyl (C=O) groups is 1. The lowest BCUT2D eigenvalue weighted by Gasteiger charge is -2.29. The van der Waals surface area contributed by atoms with Crippen molar-refractivity contribution >= 4 is 5.91 Å². The third kappa shape index (κ3) is 2.19. The maximum absolute atomic E-state index is 10.6. The second kappa shape index (κ2) is 3.72. The van der Waals surface area contributed by atoms with Gasteiger partial charge in [-0.25, -0.2) is 0 Å². The molecule has 1 N–H and O–H groups in total. The van der Waals surface area contributed by atoms with Crippen molar-refractivity contribution in [3.63, 3.8) is 0 Å². The summed E-state index contributed by atoms with van der Waals surface area (Å²) in [6.07, 6.45) is 1.75. The van der Waals surface area contributed by atoms with E-state index in [0.717, 1.165) is 12.8 Å². The number of aliphatic hydroxyl groups excluding tert-OH is 1. The molecule has 1 heterocycles. The first-order valence-corrected chi connectivity index (χ1v) is 3.89. The van der Waals surface area contributed by atoms with Crippen LogP contribution in [0, 0.1) is 12.8 Å². The Hall–Kier alpha value is -0.570. The fraction of sp³-hybridized carbons (Fsp3) is 0.750. The molecule has 0 unspecified atom stereocenters. The van der Waals surface area contributed by atoms with E-state index in [-0.39, 0.29) is 12.5 Å². The van der Waals surface area contributed by atoms with Crippen LogP contribution in [-0.2, 0) is 4.79 Å². The zero-order chi connectivity index (χ0) is 8.27. The Morgan fingerprint density at radius 1 is 1.55 bits per heavy atom. The van der Waals surface area contributed by atoms with Crippen LogP contribution in [0.25, 0.3) is 0 Å². The molecule has 1 amide bonds. The summed E-state index contributed by atoms with van der Waals surface area (Å²) in [7, 11) is 0. The average Bonchev–Trinajstić information content (AvgIpc) is 2.05. The second-order valence-corrected chi connectivity index (χ2v) is 2.95. The van der Waals surface area contributed by atoms with E-state index in [4.69, 9.17) is 12.0 Å². The third-order valence-corrected chi connectivity index (χ3v) is 2.18. The number of hydrogen-bond donors (Lipinski definition) is 1. The summed E-state index contributed by atoms with van der Waals surface area (Å²) in [5.74, 6) is 0.0204. The highest BCUT2D eigenvalue weighted by molar-refractivity contribution is 5.80. The minimum absolute atomic E-state index is 0.229. The maximum atomic E-state index is 10.6. The molecule has 3 heteroatoms. The van der Waals surface area contributed by atoms with Crippen LogP contribution in [0.3, 0.4) is 0 Å². The molecule has 2 radical (unpaired) electrons.